The van der Waals surface area contributed by atoms with E-state index in [1.54, 1.807) is 0 Å². The molecular weight excluding hydrogens is 248 g/mol. The molecule has 0 aliphatic heterocycles. The van der Waals surface area contributed by atoms with Crippen molar-refractivity contribution in [1.29, 1.82) is 0 Å². The van der Waals surface area contributed by atoms with Gasteiger partial charge in [0, 0.05) is 11.8 Å². The normalized spacial score (nSPS) is 25.8. The van der Waals surface area contributed by atoms with Crippen LogP contribution in [0, 0.1) is 5.92 Å². The number of fused-ring (bicyclic) bond motifs is 1. The van der Waals surface area contributed by atoms with Gasteiger partial charge in [-0.3, -0.25) is 10.2 Å². The summed E-state index contributed by atoms with van der Waals surface area (Å²) in [7, 11) is 0. The molecule has 0 fully saturated rings. The second-order valence-corrected chi connectivity index (χ2v) is 5.64. The molecular formula is C17H16N2O. The summed E-state index contributed by atoms with van der Waals surface area (Å²) in [5.41, 5.74) is 7.66. The lowest BCUT2D eigenvalue weighted by molar-refractivity contribution is -0.126. The lowest BCUT2D eigenvalue weighted by Crippen LogP contribution is -2.44. The molecule has 0 heterocycles. The van der Waals surface area contributed by atoms with E-state index in [9.17, 15) is 4.79 Å². The quantitative estimate of drug-likeness (QED) is 0.471. The van der Waals surface area contributed by atoms with Crippen LogP contribution in [0.3, 0.4) is 0 Å². The summed E-state index contributed by atoms with van der Waals surface area (Å²) in [5.74, 6) is 5.71. The van der Waals surface area contributed by atoms with Gasteiger partial charge in [0.1, 0.15) is 0 Å². The van der Waals surface area contributed by atoms with Gasteiger partial charge in [-0.25, -0.2) is 5.84 Å². The summed E-state index contributed by atoms with van der Waals surface area (Å²) >= 11 is 0. The largest absolute Gasteiger partial charge is 0.294 e. The predicted molar refractivity (Wildman–Crippen MR) is 77.0 cm³/mol. The molecule has 0 unspecified atom stereocenters. The zero-order chi connectivity index (χ0) is 13.7. The number of hydrogen-bond acceptors (Lipinski definition) is 2. The predicted octanol–water partition coefficient (Wildman–Crippen LogP) is 2.27. The Morgan fingerprint density at radius 3 is 1.95 bits per heavy atom. The molecule has 2 aromatic carbocycles. The molecule has 3 heteroatoms. The van der Waals surface area contributed by atoms with Crippen LogP contribution in [0.5, 0.6) is 0 Å². The number of carbonyl (C=O) groups is 1. The number of nitrogens with two attached hydrogens (primary N) is 1. The highest BCUT2D eigenvalue weighted by Gasteiger charge is 2.45. The van der Waals surface area contributed by atoms with Crippen LogP contribution in [0.25, 0.3) is 0 Å². The van der Waals surface area contributed by atoms with E-state index >= 15 is 0 Å². The number of rotatable bonds is 1. The van der Waals surface area contributed by atoms with Crippen molar-refractivity contribution in [3.63, 3.8) is 0 Å². The SMILES string of the molecule is NNC(=O)[C@H]1CC2c3ccccc3C1c1ccccc12. The second-order valence-electron chi connectivity index (χ2n) is 5.64. The third-order valence-electron chi connectivity index (χ3n) is 4.78. The molecule has 2 aromatic rings. The lowest BCUT2D eigenvalue weighted by atomic mass is 9.59. The Morgan fingerprint density at radius 2 is 1.45 bits per heavy atom. The fraction of sp³-hybridized carbons (Fsp3) is 0.235. The van der Waals surface area contributed by atoms with Gasteiger partial charge >= 0.3 is 0 Å². The van der Waals surface area contributed by atoms with Gasteiger partial charge in [0.15, 0.2) is 0 Å². The average molecular weight is 264 g/mol. The Morgan fingerprint density at radius 1 is 0.950 bits per heavy atom. The highest BCUT2D eigenvalue weighted by atomic mass is 16.2. The fourth-order valence-corrected chi connectivity index (χ4v) is 4.00. The molecule has 1 amide bonds. The van der Waals surface area contributed by atoms with Crippen molar-refractivity contribution in [3.05, 3.63) is 70.8 Å². The first-order valence-electron chi connectivity index (χ1n) is 6.99. The zero-order valence-corrected chi connectivity index (χ0v) is 11.0. The Bertz CT molecular complexity index is 647. The van der Waals surface area contributed by atoms with E-state index in [-0.39, 0.29) is 17.7 Å². The van der Waals surface area contributed by atoms with Gasteiger partial charge in [0.25, 0.3) is 0 Å². The molecule has 0 spiro atoms. The first-order chi connectivity index (χ1) is 9.81. The van der Waals surface area contributed by atoms with Crippen molar-refractivity contribution in [2.75, 3.05) is 0 Å². The molecule has 0 radical (unpaired) electrons. The van der Waals surface area contributed by atoms with Gasteiger partial charge in [0.2, 0.25) is 5.91 Å². The number of amides is 1. The summed E-state index contributed by atoms with van der Waals surface area (Å²) in [5, 5.41) is 0. The molecule has 20 heavy (non-hydrogen) atoms. The Balaban J connectivity index is 1.95. The molecule has 0 aromatic heterocycles. The van der Waals surface area contributed by atoms with E-state index in [4.69, 9.17) is 5.84 Å². The van der Waals surface area contributed by atoms with Crippen molar-refractivity contribution in [1.82, 2.24) is 5.43 Å². The number of carbonyl (C=O) groups excluding carboxylic acids is 1. The van der Waals surface area contributed by atoms with Crippen LogP contribution in [0.4, 0.5) is 0 Å². The number of hydrazine groups is 1. The monoisotopic (exact) mass is 264 g/mol. The van der Waals surface area contributed by atoms with E-state index in [0.717, 1.165) is 6.42 Å². The smallest absolute Gasteiger partial charge is 0.237 e. The summed E-state index contributed by atoms with van der Waals surface area (Å²) in [6.07, 6.45) is 0.849. The van der Waals surface area contributed by atoms with Crippen molar-refractivity contribution in [2.24, 2.45) is 11.8 Å². The molecule has 0 saturated carbocycles. The molecule has 3 N–H and O–H groups in total. The van der Waals surface area contributed by atoms with Crippen LogP contribution >= 0.6 is 0 Å². The first-order valence-corrected chi connectivity index (χ1v) is 6.99. The molecule has 3 nitrogen and oxygen atoms in total. The Kier molecular flexibility index (Phi) is 2.44. The molecule has 3 aliphatic rings. The molecule has 0 saturated heterocycles. The van der Waals surface area contributed by atoms with Crippen molar-refractivity contribution >= 4 is 5.91 Å². The number of benzene rings is 2. The zero-order valence-electron chi connectivity index (χ0n) is 11.0. The van der Waals surface area contributed by atoms with E-state index in [0.29, 0.717) is 5.92 Å². The molecule has 100 valence electrons. The van der Waals surface area contributed by atoms with E-state index < -0.39 is 0 Å². The first kappa shape index (κ1) is 11.7. The number of nitrogens with one attached hydrogen (secondary N) is 1. The van der Waals surface area contributed by atoms with Gasteiger partial charge < -0.3 is 0 Å². The van der Waals surface area contributed by atoms with E-state index in [2.05, 4.69) is 54.0 Å². The topological polar surface area (TPSA) is 55.1 Å². The van der Waals surface area contributed by atoms with Crippen molar-refractivity contribution < 1.29 is 4.79 Å². The minimum Gasteiger partial charge on any atom is -0.294 e. The lowest BCUT2D eigenvalue weighted by Gasteiger charge is -2.44. The summed E-state index contributed by atoms with van der Waals surface area (Å²) < 4.78 is 0. The van der Waals surface area contributed by atoms with Crippen LogP contribution < -0.4 is 11.3 Å². The van der Waals surface area contributed by atoms with Crippen LogP contribution in [0.15, 0.2) is 48.5 Å². The maximum absolute atomic E-state index is 12.1. The molecule has 2 bridgehead atoms. The average Bonchev–Trinajstić information content (AvgIpc) is 2.54. The van der Waals surface area contributed by atoms with Gasteiger partial charge in [-0.05, 0) is 28.7 Å². The standard InChI is InChI=1S/C17H16N2O/c18-19-17(20)15-9-14-10-5-1-3-7-12(10)16(15)13-8-4-2-6-11(13)14/h1-8,14-16H,9,18H2,(H,19,20)/t14?,15-,16?/m0/s1. The van der Waals surface area contributed by atoms with Crippen molar-refractivity contribution in [2.45, 2.75) is 18.3 Å². The van der Waals surface area contributed by atoms with Crippen molar-refractivity contribution in [3.8, 4) is 0 Å². The fourth-order valence-electron chi connectivity index (χ4n) is 4.00. The second kappa shape index (κ2) is 4.18. The number of hydrogen-bond donors (Lipinski definition) is 2. The Labute approximate surface area is 117 Å². The summed E-state index contributed by atoms with van der Waals surface area (Å²) in [6, 6.07) is 17.0. The van der Waals surface area contributed by atoms with Gasteiger partial charge in [-0.15, -0.1) is 0 Å². The highest BCUT2D eigenvalue weighted by Crippen LogP contribution is 2.55. The third kappa shape index (κ3) is 1.41. The Hall–Kier alpha value is -2.13. The molecule has 1 atom stereocenters. The molecule has 5 rings (SSSR count). The van der Waals surface area contributed by atoms with E-state index in [1.807, 2.05) is 0 Å². The van der Waals surface area contributed by atoms with Gasteiger partial charge in [0.05, 0.1) is 5.92 Å². The highest BCUT2D eigenvalue weighted by molar-refractivity contribution is 5.82. The maximum Gasteiger partial charge on any atom is 0.237 e. The van der Waals surface area contributed by atoms with Crippen LogP contribution in [-0.4, -0.2) is 5.91 Å². The van der Waals surface area contributed by atoms with Gasteiger partial charge in [-0.2, -0.15) is 0 Å². The van der Waals surface area contributed by atoms with Crippen LogP contribution in [0.1, 0.15) is 40.5 Å². The minimum atomic E-state index is -0.0604. The van der Waals surface area contributed by atoms with Gasteiger partial charge in [-0.1, -0.05) is 48.5 Å². The summed E-state index contributed by atoms with van der Waals surface area (Å²) in [4.78, 5) is 12.1. The van der Waals surface area contributed by atoms with E-state index in [1.165, 1.54) is 22.3 Å². The third-order valence-corrected chi connectivity index (χ3v) is 4.78. The van der Waals surface area contributed by atoms with Crippen LogP contribution in [0.2, 0.25) is 0 Å². The summed E-state index contributed by atoms with van der Waals surface area (Å²) in [6.45, 7) is 0. The molecule has 3 aliphatic carbocycles. The van der Waals surface area contributed by atoms with Crippen LogP contribution in [-0.2, 0) is 4.79 Å². The minimum absolute atomic E-state index is 0.0518. The maximum atomic E-state index is 12.1.